The van der Waals surface area contributed by atoms with Gasteiger partial charge in [-0.1, -0.05) is 16.8 Å². The van der Waals surface area contributed by atoms with Gasteiger partial charge in [0.2, 0.25) is 6.29 Å². The molecule has 0 radical (unpaired) electrons. The van der Waals surface area contributed by atoms with Crippen molar-refractivity contribution in [3.63, 3.8) is 0 Å². The Morgan fingerprint density at radius 2 is 1.72 bits per heavy atom. The van der Waals surface area contributed by atoms with Crippen molar-refractivity contribution in [2.45, 2.75) is 30.6 Å². The molecule has 0 amide bonds. The second-order valence-electron chi connectivity index (χ2n) is 7.11. The number of rotatable bonds is 5. The van der Waals surface area contributed by atoms with Crippen molar-refractivity contribution in [2.75, 3.05) is 6.61 Å². The van der Waals surface area contributed by atoms with Gasteiger partial charge in [-0.3, -0.25) is 0 Å². The summed E-state index contributed by atoms with van der Waals surface area (Å²) in [6.45, 7) is -0.596. The van der Waals surface area contributed by atoms with Gasteiger partial charge in [0.1, 0.15) is 35.8 Å². The Labute approximate surface area is 184 Å². The summed E-state index contributed by atoms with van der Waals surface area (Å²) in [6.07, 6.45) is -4.16. The molecule has 0 aliphatic carbocycles. The normalized spacial score (nSPS) is 25.7. The highest BCUT2D eigenvalue weighted by Crippen LogP contribution is 2.32. The molecule has 1 aliphatic heterocycles. The minimum Gasteiger partial charge on any atom is -0.462 e. The fraction of sp³-hybridized carbons (Fsp3) is 0.300. The van der Waals surface area contributed by atoms with E-state index in [4.69, 9.17) is 21.1 Å². The van der Waals surface area contributed by atoms with Crippen LogP contribution in [0.5, 0.6) is 5.75 Å². The maximum atomic E-state index is 13.6. The fourth-order valence-electron chi connectivity index (χ4n) is 3.38. The third-order valence-corrected chi connectivity index (χ3v) is 5.26. The van der Waals surface area contributed by atoms with Crippen LogP contribution < -0.4 is 4.74 Å². The lowest BCUT2D eigenvalue weighted by Gasteiger charge is -2.41. The average Bonchev–Trinajstić information content (AvgIpc) is 3.25. The Balaban J connectivity index is 1.63. The van der Waals surface area contributed by atoms with Crippen molar-refractivity contribution in [1.29, 1.82) is 0 Å². The summed E-state index contributed by atoms with van der Waals surface area (Å²) in [6, 6.07) is 6.49. The van der Waals surface area contributed by atoms with Gasteiger partial charge >= 0.3 is 0 Å². The van der Waals surface area contributed by atoms with Gasteiger partial charge in [-0.15, -0.1) is 5.10 Å². The number of ether oxygens (including phenoxy) is 2. The van der Waals surface area contributed by atoms with Gasteiger partial charge in [-0.25, -0.2) is 17.9 Å². The van der Waals surface area contributed by atoms with Crippen molar-refractivity contribution in [2.24, 2.45) is 0 Å². The first kappa shape index (κ1) is 22.5. The second kappa shape index (κ2) is 9.04. The lowest BCUT2D eigenvalue weighted by atomic mass is 9.96. The molecular formula is C20H17ClF3N3O5. The van der Waals surface area contributed by atoms with E-state index >= 15 is 0 Å². The zero-order valence-electron chi connectivity index (χ0n) is 16.1. The summed E-state index contributed by atoms with van der Waals surface area (Å²) in [5.74, 6) is -4.12. The number of nitrogens with zero attached hydrogens (tertiary/aromatic N) is 3. The number of aromatic nitrogens is 3. The minimum absolute atomic E-state index is 0.0376. The van der Waals surface area contributed by atoms with Gasteiger partial charge in [-0.2, -0.15) is 0 Å². The summed E-state index contributed by atoms with van der Waals surface area (Å²) in [4.78, 5) is 0. The van der Waals surface area contributed by atoms with Crippen LogP contribution in [-0.4, -0.2) is 61.5 Å². The van der Waals surface area contributed by atoms with E-state index in [9.17, 15) is 28.5 Å². The molecular weight excluding hydrogens is 455 g/mol. The number of aliphatic hydroxyl groups is 3. The zero-order chi connectivity index (χ0) is 23.0. The standard InChI is InChI=1S/C20H17ClF3N3O5/c21-10-1-3-11(4-2-10)31-20-19(30)17(18(29)15(8-28)32-20)27-7-14(25-26-27)9-5-12(22)16(24)13(23)6-9/h1-7,15,17-20,28-30H,8H2/t15?,17?,18-,19-,20-/m0/s1. The average molecular weight is 472 g/mol. The summed E-state index contributed by atoms with van der Waals surface area (Å²) in [7, 11) is 0. The molecule has 12 heteroatoms. The summed E-state index contributed by atoms with van der Waals surface area (Å²) >= 11 is 5.84. The van der Waals surface area contributed by atoms with Crippen molar-refractivity contribution in [1.82, 2.24) is 15.0 Å². The van der Waals surface area contributed by atoms with Crippen LogP contribution in [0.2, 0.25) is 5.02 Å². The Morgan fingerprint density at radius 1 is 1.06 bits per heavy atom. The quantitative estimate of drug-likeness (QED) is 0.489. The number of hydrogen-bond donors (Lipinski definition) is 3. The van der Waals surface area contributed by atoms with Crippen LogP contribution in [0.4, 0.5) is 13.2 Å². The van der Waals surface area contributed by atoms with E-state index in [0.29, 0.717) is 10.8 Å². The molecule has 3 N–H and O–H groups in total. The zero-order valence-corrected chi connectivity index (χ0v) is 16.9. The lowest BCUT2D eigenvalue weighted by Crippen LogP contribution is -2.57. The molecule has 4 rings (SSSR count). The molecule has 170 valence electrons. The highest BCUT2D eigenvalue weighted by atomic mass is 35.5. The van der Waals surface area contributed by atoms with E-state index in [2.05, 4.69) is 10.3 Å². The monoisotopic (exact) mass is 471 g/mol. The SMILES string of the molecule is OCC1O[C@H](Oc2ccc(Cl)cc2)[C@@H](O)C(n2cc(-c3cc(F)c(F)c(F)c3)nn2)[C@H]1O. The number of halogens is 4. The molecule has 1 aliphatic rings. The first-order valence-electron chi connectivity index (χ1n) is 9.40. The van der Waals surface area contributed by atoms with Gasteiger partial charge in [0.25, 0.3) is 0 Å². The Hall–Kier alpha value is -2.70. The number of hydrogen-bond acceptors (Lipinski definition) is 7. The second-order valence-corrected chi connectivity index (χ2v) is 7.54. The van der Waals surface area contributed by atoms with Crippen molar-refractivity contribution in [3.8, 4) is 17.0 Å². The number of aliphatic hydroxyl groups excluding tert-OH is 3. The van der Waals surface area contributed by atoms with E-state index in [-0.39, 0.29) is 11.3 Å². The Kier molecular flexibility index (Phi) is 6.35. The highest BCUT2D eigenvalue weighted by molar-refractivity contribution is 6.30. The largest absolute Gasteiger partial charge is 0.462 e. The molecule has 32 heavy (non-hydrogen) atoms. The van der Waals surface area contributed by atoms with Crippen LogP contribution in [0.25, 0.3) is 11.3 Å². The van der Waals surface area contributed by atoms with Crippen LogP contribution in [0, 0.1) is 17.5 Å². The molecule has 2 unspecified atom stereocenters. The molecule has 1 fully saturated rings. The fourth-order valence-corrected chi connectivity index (χ4v) is 3.51. The highest BCUT2D eigenvalue weighted by Gasteiger charge is 2.47. The van der Waals surface area contributed by atoms with Crippen LogP contribution in [-0.2, 0) is 4.74 Å². The molecule has 1 saturated heterocycles. The summed E-state index contributed by atoms with van der Waals surface area (Å²) in [5, 5.41) is 39.1. The Morgan fingerprint density at radius 3 is 2.34 bits per heavy atom. The van der Waals surface area contributed by atoms with Gasteiger partial charge in [-0.05, 0) is 36.4 Å². The molecule has 8 nitrogen and oxygen atoms in total. The van der Waals surface area contributed by atoms with E-state index in [1.165, 1.54) is 18.3 Å². The van der Waals surface area contributed by atoms with Gasteiger partial charge in [0.15, 0.2) is 17.5 Å². The third kappa shape index (κ3) is 4.30. The summed E-state index contributed by atoms with van der Waals surface area (Å²) in [5.41, 5.74) is -0.138. The molecule has 0 bridgehead atoms. The molecule has 1 aromatic heterocycles. The number of benzene rings is 2. The first-order chi connectivity index (χ1) is 15.3. The van der Waals surface area contributed by atoms with Crippen LogP contribution in [0.1, 0.15) is 6.04 Å². The predicted molar refractivity (Wildman–Crippen MR) is 104 cm³/mol. The van der Waals surface area contributed by atoms with Crippen molar-refractivity contribution < 1.29 is 38.0 Å². The third-order valence-electron chi connectivity index (χ3n) is 5.01. The van der Waals surface area contributed by atoms with Crippen molar-refractivity contribution >= 4 is 11.6 Å². The van der Waals surface area contributed by atoms with E-state index in [1.54, 1.807) is 12.1 Å². The molecule has 5 atom stereocenters. The molecule has 0 saturated carbocycles. The van der Waals surface area contributed by atoms with Gasteiger partial charge < -0.3 is 24.8 Å². The topological polar surface area (TPSA) is 110 Å². The molecule has 0 spiro atoms. The molecule has 3 aromatic rings. The van der Waals surface area contributed by atoms with E-state index < -0.39 is 54.7 Å². The Bertz CT molecular complexity index is 1080. The maximum Gasteiger partial charge on any atom is 0.228 e. The van der Waals surface area contributed by atoms with Crippen LogP contribution in [0.3, 0.4) is 0 Å². The lowest BCUT2D eigenvalue weighted by molar-refractivity contribution is -0.260. The van der Waals surface area contributed by atoms with Crippen molar-refractivity contribution in [3.05, 3.63) is 65.1 Å². The maximum absolute atomic E-state index is 13.6. The molecule has 2 aromatic carbocycles. The predicted octanol–water partition coefficient (Wildman–Crippen LogP) is 2.07. The smallest absolute Gasteiger partial charge is 0.228 e. The van der Waals surface area contributed by atoms with Gasteiger partial charge in [0.05, 0.1) is 12.8 Å². The molecule has 2 heterocycles. The van der Waals surface area contributed by atoms with E-state index in [1.807, 2.05) is 0 Å². The first-order valence-corrected chi connectivity index (χ1v) is 9.77. The minimum atomic E-state index is -1.62. The van der Waals surface area contributed by atoms with Gasteiger partial charge in [0, 0.05) is 10.6 Å². The van der Waals surface area contributed by atoms with Crippen LogP contribution >= 0.6 is 11.6 Å². The summed E-state index contributed by atoms with van der Waals surface area (Å²) < 4.78 is 52.6. The van der Waals surface area contributed by atoms with Crippen LogP contribution in [0.15, 0.2) is 42.6 Å². The van der Waals surface area contributed by atoms with E-state index in [0.717, 1.165) is 16.8 Å².